The van der Waals surface area contributed by atoms with Crippen molar-refractivity contribution in [1.29, 1.82) is 0 Å². The van der Waals surface area contributed by atoms with Gasteiger partial charge in [0.1, 0.15) is 5.69 Å². The molecule has 86 valence electrons. The third-order valence-corrected chi connectivity index (χ3v) is 3.15. The number of pyridine rings is 1. The molecule has 1 N–H and O–H groups in total. The minimum absolute atomic E-state index is 0.0662. The molecule has 0 aliphatic carbocycles. The third kappa shape index (κ3) is 2.65. The summed E-state index contributed by atoms with van der Waals surface area (Å²) in [4.78, 5) is 15.8. The van der Waals surface area contributed by atoms with Crippen molar-refractivity contribution >= 4 is 17.7 Å². The van der Waals surface area contributed by atoms with E-state index >= 15 is 0 Å². The Labute approximate surface area is 104 Å². The van der Waals surface area contributed by atoms with E-state index < -0.39 is 5.97 Å². The van der Waals surface area contributed by atoms with Crippen LogP contribution in [0.25, 0.3) is 11.1 Å². The molecule has 4 heteroatoms. The standard InChI is InChI=1S/C13H11NO2S/c1-17-11-4-2-9(3-5-11)10-6-7-14-12(8-10)13(15)16/h2-8H,1H3,(H,15,16). The summed E-state index contributed by atoms with van der Waals surface area (Å²) < 4.78 is 0. The van der Waals surface area contributed by atoms with Crippen molar-refractivity contribution in [2.24, 2.45) is 0 Å². The first-order valence-corrected chi connectivity index (χ1v) is 6.27. The largest absolute Gasteiger partial charge is 0.477 e. The molecule has 17 heavy (non-hydrogen) atoms. The fraction of sp³-hybridized carbons (Fsp3) is 0.0769. The SMILES string of the molecule is CSc1ccc(-c2ccnc(C(=O)O)c2)cc1. The van der Waals surface area contributed by atoms with Crippen LogP contribution in [0.2, 0.25) is 0 Å². The quantitative estimate of drug-likeness (QED) is 0.844. The first kappa shape index (κ1) is 11.7. The lowest BCUT2D eigenvalue weighted by atomic mass is 10.1. The number of benzene rings is 1. The lowest BCUT2D eigenvalue weighted by molar-refractivity contribution is 0.0690. The van der Waals surface area contributed by atoms with Crippen molar-refractivity contribution in [3.8, 4) is 11.1 Å². The van der Waals surface area contributed by atoms with Gasteiger partial charge in [-0.05, 0) is 41.6 Å². The average molecular weight is 245 g/mol. The fourth-order valence-electron chi connectivity index (χ4n) is 1.51. The van der Waals surface area contributed by atoms with E-state index in [1.807, 2.05) is 30.5 Å². The van der Waals surface area contributed by atoms with Gasteiger partial charge in [0, 0.05) is 11.1 Å². The van der Waals surface area contributed by atoms with Crippen molar-refractivity contribution in [3.63, 3.8) is 0 Å². The smallest absolute Gasteiger partial charge is 0.354 e. The van der Waals surface area contributed by atoms with Gasteiger partial charge in [0.15, 0.2) is 0 Å². The summed E-state index contributed by atoms with van der Waals surface area (Å²) in [5, 5.41) is 8.87. The van der Waals surface area contributed by atoms with Crippen LogP contribution in [0.3, 0.4) is 0 Å². The van der Waals surface area contributed by atoms with Gasteiger partial charge in [-0.1, -0.05) is 12.1 Å². The molecule has 0 bridgehead atoms. The van der Waals surface area contributed by atoms with Gasteiger partial charge in [0.05, 0.1) is 0 Å². The Morgan fingerprint density at radius 2 is 1.88 bits per heavy atom. The number of nitrogens with zero attached hydrogens (tertiary/aromatic N) is 1. The summed E-state index contributed by atoms with van der Waals surface area (Å²) >= 11 is 1.67. The molecule has 0 unspecified atom stereocenters. The van der Waals surface area contributed by atoms with Crippen LogP contribution in [0.1, 0.15) is 10.5 Å². The number of aromatic nitrogens is 1. The average Bonchev–Trinajstić information content (AvgIpc) is 2.39. The maximum absolute atomic E-state index is 10.8. The molecule has 0 amide bonds. The van der Waals surface area contributed by atoms with Gasteiger partial charge in [-0.3, -0.25) is 0 Å². The highest BCUT2D eigenvalue weighted by molar-refractivity contribution is 7.98. The lowest BCUT2D eigenvalue weighted by Crippen LogP contribution is -1.99. The molecule has 0 radical (unpaired) electrons. The minimum atomic E-state index is -1.01. The van der Waals surface area contributed by atoms with E-state index in [4.69, 9.17) is 5.11 Å². The highest BCUT2D eigenvalue weighted by Crippen LogP contribution is 2.23. The van der Waals surface area contributed by atoms with Gasteiger partial charge < -0.3 is 5.11 Å². The van der Waals surface area contributed by atoms with Gasteiger partial charge >= 0.3 is 5.97 Å². The van der Waals surface area contributed by atoms with E-state index in [0.29, 0.717) is 0 Å². The van der Waals surface area contributed by atoms with Crippen molar-refractivity contribution in [2.75, 3.05) is 6.26 Å². The highest BCUT2D eigenvalue weighted by Gasteiger charge is 2.06. The molecule has 0 aliphatic rings. The first-order valence-electron chi connectivity index (χ1n) is 5.04. The second kappa shape index (κ2) is 5.01. The summed E-state index contributed by atoms with van der Waals surface area (Å²) in [6.07, 6.45) is 3.53. The van der Waals surface area contributed by atoms with Gasteiger partial charge in [-0.15, -0.1) is 11.8 Å². The Kier molecular flexibility index (Phi) is 3.44. The van der Waals surface area contributed by atoms with Crippen molar-refractivity contribution < 1.29 is 9.90 Å². The van der Waals surface area contributed by atoms with Crippen molar-refractivity contribution in [1.82, 2.24) is 4.98 Å². The maximum atomic E-state index is 10.8. The molecule has 0 aliphatic heterocycles. The number of carboxylic acid groups (broad SMARTS) is 1. The van der Waals surface area contributed by atoms with Crippen LogP contribution in [0, 0.1) is 0 Å². The molecule has 2 rings (SSSR count). The molecule has 2 aromatic rings. The molecule has 1 aromatic heterocycles. The Hall–Kier alpha value is -1.81. The van der Waals surface area contributed by atoms with E-state index in [9.17, 15) is 4.79 Å². The number of aromatic carboxylic acids is 1. The van der Waals surface area contributed by atoms with E-state index in [1.54, 1.807) is 23.9 Å². The molecular weight excluding hydrogens is 234 g/mol. The zero-order valence-electron chi connectivity index (χ0n) is 9.25. The number of carbonyl (C=O) groups is 1. The van der Waals surface area contributed by atoms with E-state index in [2.05, 4.69) is 4.98 Å². The Bertz CT molecular complexity index is 537. The summed E-state index contributed by atoms with van der Waals surface area (Å²) in [5.41, 5.74) is 1.93. The molecule has 0 fully saturated rings. The number of thioether (sulfide) groups is 1. The normalized spacial score (nSPS) is 10.2. The van der Waals surface area contributed by atoms with Gasteiger partial charge in [0.25, 0.3) is 0 Å². The van der Waals surface area contributed by atoms with Gasteiger partial charge in [0.2, 0.25) is 0 Å². The Morgan fingerprint density at radius 1 is 1.18 bits per heavy atom. The number of hydrogen-bond donors (Lipinski definition) is 1. The maximum Gasteiger partial charge on any atom is 0.354 e. The third-order valence-electron chi connectivity index (χ3n) is 2.40. The van der Waals surface area contributed by atoms with Crippen LogP contribution < -0.4 is 0 Å². The molecule has 1 aromatic carbocycles. The van der Waals surface area contributed by atoms with Crippen LogP contribution in [0.4, 0.5) is 0 Å². The Balaban J connectivity index is 2.38. The molecular formula is C13H11NO2S. The van der Waals surface area contributed by atoms with Crippen LogP contribution in [-0.4, -0.2) is 22.3 Å². The van der Waals surface area contributed by atoms with Gasteiger partial charge in [-0.2, -0.15) is 0 Å². The molecule has 0 saturated carbocycles. The van der Waals surface area contributed by atoms with E-state index in [-0.39, 0.29) is 5.69 Å². The van der Waals surface area contributed by atoms with Crippen LogP contribution in [0.5, 0.6) is 0 Å². The van der Waals surface area contributed by atoms with Crippen LogP contribution in [-0.2, 0) is 0 Å². The zero-order chi connectivity index (χ0) is 12.3. The Morgan fingerprint density at radius 3 is 2.47 bits per heavy atom. The number of rotatable bonds is 3. The van der Waals surface area contributed by atoms with E-state index in [0.717, 1.165) is 11.1 Å². The second-order valence-electron chi connectivity index (χ2n) is 3.46. The topological polar surface area (TPSA) is 50.2 Å². The molecule has 0 saturated heterocycles. The summed E-state index contributed by atoms with van der Waals surface area (Å²) in [6, 6.07) is 11.4. The highest BCUT2D eigenvalue weighted by atomic mass is 32.2. The molecule has 3 nitrogen and oxygen atoms in total. The van der Waals surface area contributed by atoms with Crippen LogP contribution in [0.15, 0.2) is 47.5 Å². The van der Waals surface area contributed by atoms with E-state index in [1.165, 1.54) is 11.1 Å². The minimum Gasteiger partial charge on any atom is -0.477 e. The fourth-order valence-corrected chi connectivity index (χ4v) is 1.92. The van der Waals surface area contributed by atoms with Crippen LogP contribution >= 0.6 is 11.8 Å². The monoisotopic (exact) mass is 245 g/mol. The first-order chi connectivity index (χ1) is 8.20. The summed E-state index contributed by atoms with van der Waals surface area (Å²) in [7, 11) is 0. The zero-order valence-corrected chi connectivity index (χ0v) is 10.1. The van der Waals surface area contributed by atoms with Crippen molar-refractivity contribution in [2.45, 2.75) is 4.90 Å². The van der Waals surface area contributed by atoms with Crippen molar-refractivity contribution in [3.05, 3.63) is 48.3 Å². The van der Waals surface area contributed by atoms with Gasteiger partial charge in [-0.25, -0.2) is 9.78 Å². The number of hydrogen-bond acceptors (Lipinski definition) is 3. The number of carboxylic acids is 1. The summed E-state index contributed by atoms with van der Waals surface area (Å²) in [6.45, 7) is 0. The predicted octanol–water partition coefficient (Wildman–Crippen LogP) is 3.17. The molecule has 1 heterocycles. The molecule has 0 atom stereocenters. The summed E-state index contributed by atoms with van der Waals surface area (Å²) in [5.74, 6) is -1.01. The molecule has 0 spiro atoms. The second-order valence-corrected chi connectivity index (χ2v) is 4.34. The predicted molar refractivity (Wildman–Crippen MR) is 68.4 cm³/mol. The lowest BCUT2D eigenvalue weighted by Gasteiger charge is -2.03.